The van der Waals surface area contributed by atoms with Crippen molar-refractivity contribution in [2.75, 3.05) is 20.1 Å². The summed E-state index contributed by atoms with van der Waals surface area (Å²) in [5, 5.41) is 24.6. The Kier molecular flexibility index (Phi) is 13.2. The molecule has 0 aliphatic rings. The number of aromatic nitrogens is 1. The summed E-state index contributed by atoms with van der Waals surface area (Å²) in [6.07, 6.45) is 0.724. The van der Waals surface area contributed by atoms with Crippen molar-refractivity contribution in [3.05, 3.63) is 138 Å². The number of carboxylic acids is 1. The third kappa shape index (κ3) is 11.3. The SMILES string of the molecule is CN(CCc1cc2cc(C(=O)O)ccc2n1CCC(C)(C)NCC(O)c1cccc(N=S(=O)=O)c1)Cc1ccccc1.c1ccccc1. The zero-order valence-electron chi connectivity index (χ0n) is 27.7. The average molecular weight is 669 g/mol. The smallest absolute Gasteiger partial charge is 0.335 e. The van der Waals surface area contributed by atoms with E-state index in [0.717, 1.165) is 42.5 Å². The molecule has 4 aromatic carbocycles. The van der Waals surface area contributed by atoms with Gasteiger partial charge in [0.1, 0.15) is 0 Å². The van der Waals surface area contributed by atoms with Crippen LogP contribution in [-0.2, 0) is 30.0 Å². The number of rotatable bonds is 14. The van der Waals surface area contributed by atoms with Crippen molar-refractivity contribution in [1.29, 1.82) is 0 Å². The highest BCUT2D eigenvalue weighted by atomic mass is 32.2. The fourth-order valence-corrected chi connectivity index (χ4v) is 5.73. The van der Waals surface area contributed by atoms with Crippen molar-refractivity contribution >= 4 is 33.1 Å². The van der Waals surface area contributed by atoms with Gasteiger partial charge in [0.15, 0.2) is 0 Å². The Balaban J connectivity index is 0.000000780. The molecular formula is C38H44N4O5S. The molecule has 48 heavy (non-hydrogen) atoms. The molecule has 0 saturated carbocycles. The maximum absolute atomic E-state index is 11.6. The molecule has 1 atom stereocenters. The quantitative estimate of drug-likeness (QED) is 0.118. The summed E-state index contributed by atoms with van der Waals surface area (Å²) in [6, 6.07) is 36.2. The highest BCUT2D eigenvalue weighted by molar-refractivity contribution is 7.61. The minimum atomic E-state index is -2.56. The third-order valence-electron chi connectivity index (χ3n) is 8.12. The lowest BCUT2D eigenvalue weighted by Crippen LogP contribution is -2.42. The molecule has 0 amide bonds. The first-order valence-corrected chi connectivity index (χ1v) is 17.0. The zero-order valence-corrected chi connectivity index (χ0v) is 28.5. The Bertz CT molecular complexity index is 1870. The fraction of sp³-hybridized carbons (Fsp3) is 0.289. The summed E-state index contributed by atoms with van der Waals surface area (Å²) >= 11 is 0. The zero-order chi connectivity index (χ0) is 34.5. The minimum Gasteiger partial charge on any atom is -0.478 e. The van der Waals surface area contributed by atoms with Crippen molar-refractivity contribution in [3.8, 4) is 0 Å². The standard InChI is InChI=1S/C32H38N4O5S.C6H6/c1-32(2,33-21-30(37)24-10-7-11-27(19-24)34-42(40)41)15-17-36-28(14-16-35(3)22-23-8-5-4-6-9-23)20-26-18-25(31(38)39)12-13-29(26)36;1-2-4-6-5-3-1/h4-13,18-20,30,33,37H,14-17,21-22H2,1-3H3,(H,38,39);1-6H. The monoisotopic (exact) mass is 668 g/mol. The van der Waals surface area contributed by atoms with Gasteiger partial charge in [-0.25, -0.2) is 4.79 Å². The lowest BCUT2D eigenvalue weighted by molar-refractivity contribution is 0.0697. The highest BCUT2D eigenvalue weighted by Crippen LogP contribution is 2.25. The summed E-state index contributed by atoms with van der Waals surface area (Å²) in [5.74, 6) is -0.946. The molecule has 1 heterocycles. The summed E-state index contributed by atoms with van der Waals surface area (Å²) in [6.45, 7) is 6.82. The molecule has 0 bridgehead atoms. The van der Waals surface area contributed by atoms with Gasteiger partial charge < -0.3 is 25.0 Å². The van der Waals surface area contributed by atoms with E-state index in [1.54, 1.807) is 36.4 Å². The van der Waals surface area contributed by atoms with E-state index in [9.17, 15) is 23.4 Å². The number of nitrogens with one attached hydrogen (secondary N) is 1. The second kappa shape index (κ2) is 17.5. The number of carboxylic acid groups (broad SMARTS) is 1. The van der Waals surface area contributed by atoms with Gasteiger partial charge in [0.2, 0.25) is 0 Å². The maximum atomic E-state index is 11.6. The van der Waals surface area contributed by atoms with E-state index >= 15 is 0 Å². The Morgan fingerprint density at radius 2 is 1.58 bits per heavy atom. The third-order valence-corrected chi connectivity index (χ3v) is 8.47. The second-order valence-corrected chi connectivity index (χ2v) is 13.0. The number of hydrogen-bond donors (Lipinski definition) is 3. The van der Waals surface area contributed by atoms with Crippen LogP contribution in [0.25, 0.3) is 10.9 Å². The van der Waals surface area contributed by atoms with Crippen LogP contribution in [0.1, 0.15) is 53.6 Å². The molecule has 0 spiro atoms. The first kappa shape index (κ1) is 36.2. The molecule has 1 unspecified atom stereocenters. The van der Waals surface area contributed by atoms with Gasteiger partial charge in [-0.2, -0.15) is 8.42 Å². The van der Waals surface area contributed by atoms with Gasteiger partial charge in [-0.3, -0.25) is 0 Å². The van der Waals surface area contributed by atoms with Gasteiger partial charge in [-0.15, -0.1) is 4.36 Å². The number of aromatic carboxylic acids is 1. The van der Waals surface area contributed by atoms with Crippen LogP contribution >= 0.6 is 0 Å². The number of aliphatic hydroxyl groups excluding tert-OH is 1. The van der Waals surface area contributed by atoms with Crippen molar-refractivity contribution in [1.82, 2.24) is 14.8 Å². The summed E-state index contributed by atoms with van der Waals surface area (Å²) in [4.78, 5) is 13.9. The van der Waals surface area contributed by atoms with E-state index < -0.39 is 22.6 Å². The van der Waals surface area contributed by atoms with Crippen LogP contribution in [0, 0.1) is 0 Å². The van der Waals surface area contributed by atoms with Crippen LogP contribution in [0.15, 0.2) is 120 Å². The predicted molar refractivity (Wildman–Crippen MR) is 191 cm³/mol. The van der Waals surface area contributed by atoms with Gasteiger partial charge in [0.25, 0.3) is 0 Å². The average Bonchev–Trinajstić information content (AvgIpc) is 3.43. The van der Waals surface area contributed by atoms with Gasteiger partial charge in [-0.05, 0) is 74.8 Å². The van der Waals surface area contributed by atoms with Gasteiger partial charge in [-0.1, -0.05) is 78.9 Å². The number of β-amino-alcohol motifs (C(OH)–C–C–N with tert-alkyl or cyclic N) is 1. The topological polar surface area (TPSA) is 124 Å². The number of likely N-dealkylation sites (N-methyl/N-ethyl adjacent to an activating group) is 1. The van der Waals surface area contributed by atoms with Crippen LogP contribution < -0.4 is 5.32 Å². The Hall–Kier alpha value is -4.61. The number of fused-ring (bicyclic) bond motifs is 1. The number of nitrogens with zero attached hydrogens (tertiary/aromatic N) is 3. The first-order chi connectivity index (χ1) is 23.0. The number of carbonyl (C=O) groups is 1. The van der Waals surface area contributed by atoms with Crippen LogP contribution in [0.2, 0.25) is 0 Å². The molecule has 9 nitrogen and oxygen atoms in total. The van der Waals surface area contributed by atoms with Crippen LogP contribution in [0.4, 0.5) is 5.69 Å². The summed E-state index contributed by atoms with van der Waals surface area (Å²) in [5.41, 5.74) is 4.17. The molecule has 10 heteroatoms. The molecular weight excluding hydrogens is 625 g/mol. The molecule has 1 aromatic heterocycles. The van der Waals surface area contributed by atoms with E-state index in [2.05, 4.69) is 58.2 Å². The van der Waals surface area contributed by atoms with Crippen molar-refractivity contribution in [2.45, 2.75) is 51.4 Å². The molecule has 0 saturated heterocycles. The Labute approximate surface area is 284 Å². The Morgan fingerprint density at radius 3 is 2.23 bits per heavy atom. The van der Waals surface area contributed by atoms with E-state index in [4.69, 9.17) is 0 Å². The van der Waals surface area contributed by atoms with Gasteiger partial charge in [0, 0.05) is 54.7 Å². The molecule has 252 valence electrons. The van der Waals surface area contributed by atoms with Crippen molar-refractivity contribution in [2.24, 2.45) is 4.36 Å². The van der Waals surface area contributed by atoms with Crippen LogP contribution in [-0.4, -0.2) is 59.7 Å². The minimum absolute atomic E-state index is 0.266. The predicted octanol–water partition coefficient (Wildman–Crippen LogP) is 6.89. The summed E-state index contributed by atoms with van der Waals surface area (Å²) in [7, 11) is -0.458. The maximum Gasteiger partial charge on any atom is 0.335 e. The number of aryl methyl sites for hydroxylation is 1. The fourth-order valence-electron chi connectivity index (χ4n) is 5.44. The summed E-state index contributed by atoms with van der Waals surface area (Å²) < 4.78 is 27.6. The molecule has 0 radical (unpaired) electrons. The number of benzene rings is 4. The molecule has 5 aromatic rings. The first-order valence-electron chi connectivity index (χ1n) is 15.9. The highest BCUT2D eigenvalue weighted by Gasteiger charge is 2.21. The molecule has 0 fully saturated rings. The van der Waals surface area contributed by atoms with Crippen LogP contribution in [0.5, 0.6) is 0 Å². The van der Waals surface area contributed by atoms with E-state index in [-0.39, 0.29) is 23.3 Å². The van der Waals surface area contributed by atoms with Gasteiger partial charge >= 0.3 is 16.5 Å². The van der Waals surface area contributed by atoms with Gasteiger partial charge in [0.05, 0.1) is 17.4 Å². The molecule has 3 N–H and O–H groups in total. The Morgan fingerprint density at radius 1 is 0.917 bits per heavy atom. The normalized spacial score (nSPS) is 11.9. The molecule has 0 aliphatic heterocycles. The van der Waals surface area contributed by atoms with E-state index in [1.807, 2.05) is 60.7 Å². The van der Waals surface area contributed by atoms with Crippen molar-refractivity contribution in [3.63, 3.8) is 0 Å². The van der Waals surface area contributed by atoms with Crippen molar-refractivity contribution < 1.29 is 23.4 Å². The van der Waals surface area contributed by atoms with E-state index in [0.29, 0.717) is 12.1 Å². The largest absolute Gasteiger partial charge is 0.478 e. The molecule has 0 aliphatic carbocycles. The lowest BCUT2D eigenvalue weighted by atomic mass is 9.99. The number of hydrogen-bond acceptors (Lipinski definition) is 7. The van der Waals surface area contributed by atoms with E-state index in [1.165, 1.54) is 5.56 Å². The van der Waals surface area contributed by atoms with Crippen LogP contribution in [0.3, 0.4) is 0 Å². The molecule has 5 rings (SSSR count). The second-order valence-electron chi connectivity index (χ2n) is 12.4. The lowest BCUT2D eigenvalue weighted by Gasteiger charge is -2.29. The number of aliphatic hydroxyl groups is 1.